The number of hydrogen-bond donors (Lipinski definition) is 1. The Bertz CT molecular complexity index is 1550. The molecule has 0 unspecified atom stereocenters. The lowest BCUT2D eigenvalue weighted by atomic mass is 9.93. The average Bonchev–Trinajstić information content (AvgIpc) is 3.10. The maximum Gasteiger partial charge on any atom is 0.303 e. The molecule has 332 valence electrons. The third-order valence-corrected chi connectivity index (χ3v) is 8.58. The third kappa shape index (κ3) is 15.0. The molecule has 0 aromatic carbocycles. The molecule has 0 spiro atoms. The zero-order valence-corrected chi connectivity index (χ0v) is 34.0. The maximum atomic E-state index is 12.8. The largest absolute Gasteiger partial charge is 0.465 e. The van der Waals surface area contributed by atoms with E-state index in [1.165, 1.54) is 6.92 Å². The Morgan fingerprint density at radius 3 is 1.19 bits per heavy atom. The number of rotatable bonds is 16. The van der Waals surface area contributed by atoms with Crippen LogP contribution in [0.2, 0.25) is 0 Å². The molecular formula is C36H51NO22. The van der Waals surface area contributed by atoms with Crippen LogP contribution in [0.1, 0.15) is 62.3 Å². The Balaban J connectivity index is 2.20. The Morgan fingerprint density at radius 2 is 0.763 bits per heavy atom. The number of ether oxygens (including phenoxy) is 13. The van der Waals surface area contributed by atoms with Gasteiger partial charge in [-0.05, 0) is 0 Å². The molecule has 0 aromatic rings. The molecule has 3 rings (SSSR count). The van der Waals surface area contributed by atoms with Gasteiger partial charge in [0.25, 0.3) is 0 Å². The highest BCUT2D eigenvalue weighted by Crippen LogP contribution is 2.37. The minimum Gasteiger partial charge on any atom is -0.465 e. The highest BCUT2D eigenvalue weighted by atomic mass is 16.8. The third-order valence-electron chi connectivity index (χ3n) is 8.58. The molecule has 1 N–H and O–H groups in total. The van der Waals surface area contributed by atoms with Crippen LogP contribution in [-0.4, -0.2) is 160 Å². The van der Waals surface area contributed by atoms with Crippen LogP contribution in [-0.2, 0) is 105 Å². The highest BCUT2D eigenvalue weighted by molar-refractivity contribution is 5.70. The summed E-state index contributed by atoms with van der Waals surface area (Å²) in [5.74, 6) is -8.30. The van der Waals surface area contributed by atoms with E-state index >= 15 is 0 Å². The van der Waals surface area contributed by atoms with E-state index < -0.39 is 146 Å². The van der Waals surface area contributed by atoms with E-state index in [-0.39, 0.29) is 19.7 Å². The van der Waals surface area contributed by atoms with Gasteiger partial charge >= 0.3 is 53.7 Å². The van der Waals surface area contributed by atoms with Crippen molar-refractivity contribution in [2.75, 3.05) is 32.9 Å². The second-order valence-corrected chi connectivity index (χ2v) is 13.6. The summed E-state index contributed by atoms with van der Waals surface area (Å²) >= 11 is 0. The molecule has 3 aliphatic heterocycles. The Kier molecular flexibility index (Phi) is 18.4. The predicted octanol–water partition coefficient (Wildman–Crippen LogP) is -1.29. The first kappa shape index (κ1) is 48.4. The lowest BCUT2D eigenvalue weighted by Crippen LogP contribution is -2.68. The van der Waals surface area contributed by atoms with Gasteiger partial charge in [-0.3, -0.25) is 43.2 Å². The van der Waals surface area contributed by atoms with Crippen molar-refractivity contribution in [1.82, 2.24) is 5.32 Å². The van der Waals surface area contributed by atoms with E-state index in [1.807, 2.05) is 0 Å². The predicted molar refractivity (Wildman–Crippen MR) is 187 cm³/mol. The van der Waals surface area contributed by atoms with Crippen molar-refractivity contribution in [2.45, 2.75) is 136 Å². The van der Waals surface area contributed by atoms with Crippen molar-refractivity contribution >= 4 is 53.7 Å². The Labute approximate surface area is 338 Å². The summed E-state index contributed by atoms with van der Waals surface area (Å²) in [5.41, 5.74) is 0. The van der Waals surface area contributed by atoms with Crippen LogP contribution in [0.3, 0.4) is 0 Å². The fourth-order valence-corrected chi connectivity index (χ4v) is 6.58. The second kappa shape index (κ2) is 22.4. The molecule has 0 bridgehead atoms. The summed E-state index contributed by atoms with van der Waals surface area (Å²) < 4.78 is 74.1. The van der Waals surface area contributed by atoms with E-state index in [4.69, 9.17) is 61.6 Å². The van der Waals surface area contributed by atoms with Crippen LogP contribution >= 0.6 is 0 Å². The van der Waals surface area contributed by atoms with Gasteiger partial charge in [0.2, 0.25) is 0 Å². The Morgan fingerprint density at radius 1 is 0.407 bits per heavy atom. The molecule has 23 nitrogen and oxygen atoms in total. The fraction of sp³-hybridized carbons (Fsp3) is 0.750. The van der Waals surface area contributed by atoms with Crippen molar-refractivity contribution in [3.8, 4) is 0 Å². The van der Waals surface area contributed by atoms with Crippen LogP contribution in [0.5, 0.6) is 0 Å². The first-order chi connectivity index (χ1) is 27.7. The van der Waals surface area contributed by atoms with E-state index in [1.54, 1.807) is 0 Å². The zero-order valence-electron chi connectivity index (χ0n) is 34.0. The molecule has 13 atom stereocenters. The number of carbonyl (C=O) groups excluding carboxylic acids is 9. The normalized spacial score (nSPS) is 31.6. The first-order valence-electron chi connectivity index (χ1n) is 18.4. The molecule has 3 aliphatic rings. The van der Waals surface area contributed by atoms with Gasteiger partial charge in [-0.2, -0.15) is 0 Å². The number of hydrogen-bond acceptors (Lipinski definition) is 23. The van der Waals surface area contributed by atoms with Gasteiger partial charge in [0.05, 0.1) is 6.61 Å². The van der Waals surface area contributed by atoms with E-state index in [9.17, 15) is 43.2 Å². The molecule has 3 fully saturated rings. The summed E-state index contributed by atoms with van der Waals surface area (Å²) in [5, 5.41) is 3.06. The smallest absolute Gasteiger partial charge is 0.303 e. The molecule has 0 aromatic heterocycles. The number of nitrogens with one attached hydrogen (secondary N) is 1. The van der Waals surface area contributed by atoms with Crippen molar-refractivity contribution in [3.63, 3.8) is 0 Å². The van der Waals surface area contributed by atoms with Gasteiger partial charge < -0.3 is 66.9 Å². The van der Waals surface area contributed by atoms with Crippen LogP contribution in [0.4, 0.5) is 0 Å². The SMILES string of the molecule is CC(=O)OC[C@H]1CNC[C@@H](OC(C)=O)[C@@H]1O[C@@H]1O[C@H](COC(C)=O)[C@@H](O[C@@H]2O[C@H](COC(C)=O)[C@@H](OC(C)=O)[C@H](OC(C)=O)[C@H]2OC(C)=O)[C@H](OC(C)=O)[C@H]1OC(C)=O. The summed E-state index contributed by atoms with van der Waals surface area (Å²) in [6, 6.07) is 0. The van der Waals surface area contributed by atoms with Gasteiger partial charge in [-0.15, -0.1) is 0 Å². The van der Waals surface area contributed by atoms with Gasteiger partial charge in [0, 0.05) is 81.3 Å². The van der Waals surface area contributed by atoms with Gasteiger partial charge in [0.15, 0.2) is 43.1 Å². The van der Waals surface area contributed by atoms with Crippen molar-refractivity contribution in [1.29, 1.82) is 0 Å². The summed E-state index contributed by atoms with van der Waals surface area (Å²) in [7, 11) is 0. The Hall–Kier alpha value is -4.97. The minimum absolute atomic E-state index is 0.0602. The highest BCUT2D eigenvalue weighted by Gasteiger charge is 2.58. The molecule has 59 heavy (non-hydrogen) atoms. The molecular weight excluding hydrogens is 798 g/mol. The molecule has 0 saturated carbocycles. The molecule has 0 aliphatic carbocycles. The lowest BCUT2D eigenvalue weighted by Gasteiger charge is -2.49. The van der Waals surface area contributed by atoms with Crippen molar-refractivity contribution in [3.05, 3.63) is 0 Å². The number of piperidine rings is 1. The molecule has 0 radical (unpaired) electrons. The molecule has 3 saturated heterocycles. The summed E-state index contributed by atoms with van der Waals surface area (Å²) in [4.78, 5) is 111. The maximum absolute atomic E-state index is 12.8. The van der Waals surface area contributed by atoms with Crippen LogP contribution in [0.25, 0.3) is 0 Å². The van der Waals surface area contributed by atoms with E-state index in [0.29, 0.717) is 0 Å². The van der Waals surface area contributed by atoms with Crippen LogP contribution in [0.15, 0.2) is 0 Å². The fourth-order valence-electron chi connectivity index (χ4n) is 6.58. The van der Waals surface area contributed by atoms with Crippen molar-refractivity contribution < 1.29 is 105 Å². The topological polar surface area (TPSA) is 286 Å². The number of carbonyl (C=O) groups is 9. The standard InChI is InChI=1S/C36H51NO22/c1-15(38)47-12-24-10-37-11-25(50-18(4)41)28(24)58-35-34(55-23(9)46)32(53-21(7)44)30(27(57-35)14-49-17(3)40)59-36-33(54-22(8)45)31(52-20(6)43)29(51-19(5)42)26(56-36)13-48-16(2)39/h24-37H,10-14H2,1-9H3/t24-,25-,26-,27-,28-,29-,30-,31+,32+,33-,34-,35+,36+/m1/s1. The zero-order chi connectivity index (χ0) is 44.1. The first-order valence-corrected chi connectivity index (χ1v) is 18.4. The quantitative estimate of drug-likeness (QED) is 0.140. The van der Waals surface area contributed by atoms with Crippen LogP contribution < -0.4 is 5.32 Å². The monoisotopic (exact) mass is 849 g/mol. The number of esters is 9. The second-order valence-electron chi connectivity index (χ2n) is 13.6. The van der Waals surface area contributed by atoms with E-state index in [0.717, 1.165) is 55.4 Å². The van der Waals surface area contributed by atoms with Crippen molar-refractivity contribution in [2.24, 2.45) is 5.92 Å². The molecule has 3 heterocycles. The molecule has 23 heteroatoms. The minimum atomic E-state index is -1.89. The molecule has 0 amide bonds. The lowest BCUT2D eigenvalue weighted by molar-refractivity contribution is -0.368. The van der Waals surface area contributed by atoms with Gasteiger partial charge in [-0.1, -0.05) is 0 Å². The summed E-state index contributed by atoms with van der Waals surface area (Å²) in [6.45, 7) is 8.32. The van der Waals surface area contributed by atoms with Gasteiger partial charge in [0.1, 0.15) is 43.7 Å². The summed E-state index contributed by atoms with van der Waals surface area (Å²) in [6.07, 6.45) is -19.0. The van der Waals surface area contributed by atoms with E-state index in [2.05, 4.69) is 5.32 Å². The van der Waals surface area contributed by atoms with Gasteiger partial charge in [-0.25, -0.2) is 0 Å². The average molecular weight is 850 g/mol. The van der Waals surface area contributed by atoms with Crippen LogP contribution in [0, 0.1) is 5.92 Å².